The van der Waals surface area contributed by atoms with Crippen LogP contribution in [0.1, 0.15) is 46.8 Å². The minimum absolute atomic E-state index is 0.108. The van der Waals surface area contributed by atoms with Crippen molar-refractivity contribution in [1.82, 2.24) is 4.98 Å². The average Bonchev–Trinajstić information content (AvgIpc) is 3.02. The van der Waals surface area contributed by atoms with Crippen molar-refractivity contribution in [1.29, 1.82) is 0 Å². The Balaban J connectivity index is 2.12. The van der Waals surface area contributed by atoms with Crippen molar-refractivity contribution < 1.29 is 14.3 Å². The van der Waals surface area contributed by atoms with Gasteiger partial charge in [-0.1, -0.05) is 11.3 Å². The maximum absolute atomic E-state index is 11.6. The van der Waals surface area contributed by atoms with Crippen LogP contribution in [-0.2, 0) is 4.74 Å². The van der Waals surface area contributed by atoms with Gasteiger partial charge in [0.1, 0.15) is 4.88 Å². The molecule has 1 unspecified atom stereocenters. The van der Waals surface area contributed by atoms with Gasteiger partial charge in [-0.05, 0) is 25.5 Å². The fraction of sp³-hybridized carbons (Fsp3) is 0.615. The molecule has 2 rings (SSSR count). The van der Waals surface area contributed by atoms with Gasteiger partial charge in [-0.25, -0.2) is 9.78 Å². The molecule has 1 saturated heterocycles. The number of ketones is 1. The molecular weight excluding hydrogens is 296 g/mol. The second kappa shape index (κ2) is 6.13. The molecule has 0 aromatic carbocycles. The number of carbonyl (C=O) groups excluding carboxylic acids is 2. The van der Waals surface area contributed by atoms with Gasteiger partial charge in [0.15, 0.2) is 16.6 Å². The van der Waals surface area contributed by atoms with Crippen molar-refractivity contribution in [3.8, 4) is 0 Å². The molecule has 1 aromatic heterocycles. The summed E-state index contributed by atoms with van der Waals surface area (Å²) >= 11 is 3.16. The summed E-state index contributed by atoms with van der Waals surface area (Å²) in [4.78, 5) is 27.7. The number of nitrogens with zero attached hydrogens (tertiary/aromatic N) is 1. The number of carbonyl (C=O) groups is 2. The molecule has 1 fully saturated rings. The third-order valence-corrected chi connectivity index (χ3v) is 5.89. The van der Waals surface area contributed by atoms with Crippen LogP contribution in [0.25, 0.3) is 0 Å². The lowest BCUT2D eigenvalue weighted by atomic mass is 10.1. The van der Waals surface area contributed by atoms with Gasteiger partial charge in [-0.15, -0.1) is 0 Å². The van der Waals surface area contributed by atoms with Crippen LogP contribution in [0.2, 0.25) is 0 Å². The quantitative estimate of drug-likeness (QED) is 0.666. The van der Waals surface area contributed by atoms with E-state index in [0.29, 0.717) is 10.0 Å². The molecule has 2 heterocycles. The molecule has 110 valence electrons. The van der Waals surface area contributed by atoms with Crippen molar-refractivity contribution in [2.75, 3.05) is 24.7 Å². The van der Waals surface area contributed by atoms with E-state index in [1.54, 1.807) is 0 Å². The largest absolute Gasteiger partial charge is 0.464 e. The molecule has 20 heavy (non-hydrogen) atoms. The van der Waals surface area contributed by atoms with E-state index in [9.17, 15) is 9.59 Å². The number of anilines is 1. The van der Waals surface area contributed by atoms with Crippen molar-refractivity contribution in [3.63, 3.8) is 0 Å². The molecule has 1 aliphatic heterocycles. The molecule has 0 aliphatic carbocycles. The van der Waals surface area contributed by atoms with Gasteiger partial charge in [0.2, 0.25) is 0 Å². The lowest BCUT2D eigenvalue weighted by molar-refractivity contribution is 0.0591. The van der Waals surface area contributed by atoms with E-state index in [1.165, 1.54) is 44.0 Å². The second-order valence-corrected chi connectivity index (χ2v) is 7.68. The van der Waals surface area contributed by atoms with Gasteiger partial charge in [-0.3, -0.25) is 4.79 Å². The highest BCUT2D eigenvalue weighted by atomic mass is 32.2. The van der Waals surface area contributed by atoms with Gasteiger partial charge < -0.3 is 10.1 Å². The summed E-state index contributed by atoms with van der Waals surface area (Å²) in [5, 5.41) is 3.85. The minimum Gasteiger partial charge on any atom is -0.464 e. The first-order valence-corrected chi connectivity index (χ1v) is 8.23. The first kappa shape index (κ1) is 15.3. The van der Waals surface area contributed by atoms with Crippen molar-refractivity contribution in [3.05, 3.63) is 10.6 Å². The monoisotopic (exact) mass is 314 g/mol. The summed E-state index contributed by atoms with van der Waals surface area (Å²) in [6.45, 7) is 4.43. The van der Waals surface area contributed by atoms with Crippen LogP contribution in [0.4, 0.5) is 5.13 Å². The third-order valence-electron chi connectivity index (χ3n) is 3.24. The molecule has 1 aromatic rings. The van der Waals surface area contributed by atoms with E-state index >= 15 is 0 Å². The van der Waals surface area contributed by atoms with E-state index in [1.807, 2.05) is 11.8 Å². The number of thiazole rings is 1. The van der Waals surface area contributed by atoms with E-state index in [4.69, 9.17) is 0 Å². The summed E-state index contributed by atoms with van der Waals surface area (Å²) in [6, 6.07) is 0. The lowest BCUT2D eigenvalue weighted by Crippen LogP contribution is -2.27. The smallest absolute Gasteiger partial charge is 0.358 e. The van der Waals surface area contributed by atoms with Crippen LogP contribution in [-0.4, -0.2) is 40.9 Å². The Bertz CT molecular complexity index is 522. The third kappa shape index (κ3) is 3.32. The number of rotatable bonds is 5. The lowest BCUT2D eigenvalue weighted by Gasteiger charge is -2.22. The zero-order valence-corrected chi connectivity index (χ0v) is 13.4. The summed E-state index contributed by atoms with van der Waals surface area (Å²) in [5.74, 6) is 0.445. The highest BCUT2D eigenvalue weighted by Gasteiger charge is 2.30. The number of hydrogen-bond donors (Lipinski definition) is 1. The number of hydrogen-bond acceptors (Lipinski definition) is 7. The predicted octanol–water partition coefficient (Wildman–Crippen LogP) is 2.83. The molecule has 0 amide bonds. The first-order chi connectivity index (χ1) is 9.45. The number of aromatic nitrogens is 1. The highest BCUT2D eigenvalue weighted by molar-refractivity contribution is 8.00. The molecule has 7 heteroatoms. The van der Waals surface area contributed by atoms with Gasteiger partial charge in [0.25, 0.3) is 0 Å². The number of ether oxygens (including phenoxy) is 1. The first-order valence-electron chi connectivity index (χ1n) is 6.43. The van der Waals surface area contributed by atoms with Crippen LogP contribution in [0.3, 0.4) is 0 Å². The van der Waals surface area contributed by atoms with E-state index in [-0.39, 0.29) is 16.2 Å². The molecule has 1 atom stereocenters. The molecule has 5 nitrogen and oxygen atoms in total. The summed E-state index contributed by atoms with van der Waals surface area (Å²) in [6.07, 6.45) is 2.40. The Morgan fingerprint density at radius 1 is 1.50 bits per heavy atom. The van der Waals surface area contributed by atoms with Crippen LogP contribution < -0.4 is 5.32 Å². The fourth-order valence-corrected chi connectivity index (χ4v) is 4.20. The Labute approximate surface area is 126 Å². The standard InChI is InChI=1S/C13H18N2O3S2/c1-8(16)10-9(11(17)18-3)15-12(20-10)14-7-13(2)5-4-6-19-13/h4-7H2,1-3H3,(H,14,15). The van der Waals surface area contributed by atoms with Crippen LogP contribution in [0.15, 0.2) is 0 Å². The van der Waals surface area contributed by atoms with E-state index in [2.05, 4.69) is 22.0 Å². The van der Waals surface area contributed by atoms with E-state index in [0.717, 1.165) is 6.54 Å². The molecular formula is C13H18N2O3S2. The molecule has 0 radical (unpaired) electrons. The second-order valence-electron chi connectivity index (χ2n) is 5.00. The minimum atomic E-state index is -0.569. The number of esters is 1. The van der Waals surface area contributed by atoms with Gasteiger partial charge in [0.05, 0.1) is 7.11 Å². The summed E-state index contributed by atoms with van der Waals surface area (Å²) in [5.41, 5.74) is 0.108. The molecule has 1 N–H and O–H groups in total. The number of Topliss-reactive ketones (excluding diaryl/α,β-unsaturated/α-hetero) is 1. The number of methoxy groups -OCH3 is 1. The van der Waals surface area contributed by atoms with Crippen molar-refractivity contribution >= 4 is 40.0 Å². The highest BCUT2D eigenvalue weighted by Crippen LogP contribution is 2.38. The summed E-state index contributed by atoms with van der Waals surface area (Å²) < 4.78 is 4.86. The molecule has 1 aliphatic rings. The van der Waals surface area contributed by atoms with Gasteiger partial charge in [-0.2, -0.15) is 11.8 Å². The Hall–Kier alpha value is -1.08. The number of thioether (sulfide) groups is 1. The Morgan fingerprint density at radius 2 is 2.25 bits per heavy atom. The normalized spacial score (nSPS) is 21.8. The molecule has 0 bridgehead atoms. The fourth-order valence-electron chi connectivity index (χ4n) is 2.11. The van der Waals surface area contributed by atoms with Crippen molar-refractivity contribution in [2.24, 2.45) is 0 Å². The molecule has 0 saturated carbocycles. The van der Waals surface area contributed by atoms with Gasteiger partial charge >= 0.3 is 5.97 Å². The van der Waals surface area contributed by atoms with Crippen LogP contribution in [0, 0.1) is 0 Å². The molecule has 0 spiro atoms. The van der Waals surface area contributed by atoms with Crippen LogP contribution in [0.5, 0.6) is 0 Å². The predicted molar refractivity (Wildman–Crippen MR) is 82.0 cm³/mol. The van der Waals surface area contributed by atoms with Gasteiger partial charge in [0, 0.05) is 18.2 Å². The summed E-state index contributed by atoms with van der Waals surface area (Å²) in [7, 11) is 1.29. The number of nitrogens with one attached hydrogen (secondary N) is 1. The maximum atomic E-state index is 11.6. The topological polar surface area (TPSA) is 68.3 Å². The zero-order valence-electron chi connectivity index (χ0n) is 11.8. The SMILES string of the molecule is COC(=O)c1nc(NCC2(C)CCCS2)sc1C(C)=O. The Morgan fingerprint density at radius 3 is 2.80 bits per heavy atom. The zero-order chi connectivity index (χ0) is 14.8. The Kier molecular flexibility index (Phi) is 4.70. The van der Waals surface area contributed by atoms with Crippen molar-refractivity contribution in [2.45, 2.75) is 31.4 Å². The maximum Gasteiger partial charge on any atom is 0.358 e. The average molecular weight is 314 g/mol. The van der Waals surface area contributed by atoms with Crippen LogP contribution >= 0.6 is 23.1 Å². The van der Waals surface area contributed by atoms with E-state index < -0.39 is 5.97 Å².